The molecule has 0 aliphatic heterocycles. The molecule has 2 aromatic carbocycles. The fraction of sp³-hybridized carbons (Fsp3) is 0.0588. The van der Waals surface area contributed by atoms with Gasteiger partial charge in [0.1, 0.15) is 10.0 Å². The predicted molar refractivity (Wildman–Crippen MR) is 98.6 cm³/mol. The lowest BCUT2D eigenvalue weighted by Crippen LogP contribution is -2.20. The lowest BCUT2D eigenvalue weighted by atomic mass is 10.2. The van der Waals surface area contributed by atoms with Crippen LogP contribution in [0.2, 0.25) is 5.02 Å². The van der Waals surface area contributed by atoms with Crippen LogP contribution in [0.5, 0.6) is 0 Å². The van der Waals surface area contributed by atoms with Crippen molar-refractivity contribution in [3.8, 4) is 0 Å². The highest BCUT2D eigenvalue weighted by atomic mass is 35.5. The van der Waals surface area contributed by atoms with E-state index in [1.807, 2.05) is 24.3 Å². The van der Waals surface area contributed by atoms with Crippen LogP contribution in [0.3, 0.4) is 0 Å². The average molecular weight is 374 g/mol. The molecule has 126 valence electrons. The van der Waals surface area contributed by atoms with Crippen LogP contribution in [-0.4, -0.2) is 15.8 Å². The van der Waals surface area contributed by atoms with Crippen molar-refractivity contribution in [3.05, 3.63) is 74.2 Å². The second-order valence-electron chi connectivity index (χ2n) is 5.09. The van der Waals surface area contributed by atoms with Gasteiger partial charge in [0.2, 0.25) is 5.91 Å². The number of nitrogens with one attached hydrogen (secondary N) is 1. The van der Waals surface area contributed by atoms with E-state index in [1.165, 1.54) is 35.6 Å². The molecule has 0 aliphatic rings. The van der Waals surface area contributed by atoms with Crippen molar-refractivity contribution in [2.75, 3.05) is 0 Å². The second kappa shape index (κ2) is 7.42. The zero-order valence-corrected chi connectivity index (χ0v) is 14.4. The summed E-state index contributed by atoms with van der Waals surface area (Å²) in [5.41, 5.74) is 1.23. The number of para-hydroxylation sites is 1. The Bertz CT molecular complexity index is 951. The molecule has 8 heteroatoms. The number of hydrogen-bond donors (Lipinski definition) is 1. The Morgan fingerprint density at radius 2 is 2.12 bits per heavy atom. The number of hydrogen-bond acceptors (Lipinski definition) is 5. The molecule has 0 fully saturated rings. The van der Waals surface area contributed by atoms with Crippen LogP contribution >= 0.6 is 22.9 Å². The fourth-order valence-electron chi connectivity index (χ4n) is 2.16. The van der Waals surface area contributed by atoms with Crippen LogP contribution < -0.4 is 5.32 Å². The van der Waals surface area contributed by atoms with Crippen molar-refractivity contribution in [1.82, 2.24) is 10.3 Å². The number of amides is 1. The van der Waals surface area contributed by atoms with E-state index in [9.17, 15) is 14.9 Å². The summed E-state index contributed by atoms with van der Waals surface area (Å²) >= 11 is 7.28. The van der Waals surface area contributed by atoms with Gasteiger partial charge in [0.05, 0.1) is 21.7 Å². The minimum Gasteiger partial charge on any atom is -0.346 e. The van der Waals surface area contributed by atoms with Crippen molar-refractivity contribution in [2.24, 2.45) is 0 Å². The van der Waals surface area contributed by atoms with E-state index < -0.39 is 4.92 Å². The van der Waals surface area contributed by atoms with Crippen LogP contribution in [0.1, 0.15) is 10.6 Å². The molecule has 0 radical (unpaired) electrons. The summed E-state index contributed by atoms with van der Waals surface area (Å²) in [5, 5.41) is 14.5. The topological polar surface area (TPSA) is 85.1 Å². The van der Waals surface area contributed by atoms with E-state index in [-0.39, 0.29) is 16.6 Å². The summed E-state index contributed by atoms with van der Waals surface area (Å²) in [5.74, 6) is -0.308. The molecule has 1 amide bonds. The Balaban J connectivity index is 1.63. The Kier molecular flexibility index (Phi) is 5.06. The highest BCUT2D eigenvalue weighted by Crippen LogP contribution is 2.25. The Labute approximate surface area is 151 Å². The van der Waals surface area contributed by atoms with E-state index in [1.54, 1.807) is 6.07 Å². The first kappa shape index (κ1) is 17.1. The van der Waals surface area contributed by atoms with Gasteiger partial charge in [-0.2, -0.15) is 0 Å². The van der Waals surface area contributed by atoms with Crippen LogP contribution in [0.25, 0.3) is 16.3 Å². The quantitative estimate of drug-likeness (QED) is 0.413. The zero-order chi connectivity index (χ0) is 17.8. The predicted octanol–water partition coefficient (Wildman–Crippen LogP) is 4.19. The third-order valence-corrected chi connectivity index (χ3v) is 4.70. The smallest absolute Gasteiger partial charge is 0.288 e. The maximum atomic E-state index is 11.9. The molecule has 0 unspecified atom stereocenters. The monoisotopic (exact) mass is 373 g/mol. The van der Waals surface area contributed by atoms with Gasteiger partial charge in [0.25, 0.3) is 5.69 Å². The first-order valence-electron chi connectivity index (χ1n) is 7.27. The number of nitro groups is 1. The number of thiazole rings is 1. The number of carbonyl (C=O) groups is 1. The molecule has 0 saturated carbocycles. The highest BCUT2D eigenvalue weighted by molar-refractivity contribution is 7.18. The van der Waals surface area contributed by atoms with E-state index >= 15 is 0 Å². The van der Waals surface area contributed by atoms with E-state index in [0.29, 0.717) is 12.1 Å². The standard InChI is InChI=1S/C17H12ClN3O3S/c18-12-7-5-11(9-14(12)21(23)24)6-8-16(22)19-10-17-20-13-3-1-2-4-15(13)25-17/h1-9H,10H2,(H,19,22)/b8-6+. The second-order valence-corrected chi connectivity index (χ2v) is 6.62. The number of carbonyl (C=O) groups excluding carboxylic acids is 1. The summed E-state index contributed by atoms with van der Waals surface area (Å²) in [6.45, 7) is 0.323. The minimum absolute atomic E-state index is 0.0578. The number of aromatic nitrogens is 1. The lowest BCUT2D eigenvalue weighted by molar-refractivity contribution is -0.384. The highest BCUT2D eigenvalue weighted by Gasteiger charge is 2.11. The van der Waals surface area contributed by atoms with Gasteiger partial charge in [0, 0.05) is 12.1 Å². The summed E-state index contributed by atoms with van der Waals surface area (Å²) in [6, 6.07) is 12.1. The lowest BCUT2D eigenvalue weighted by Gasteiger charge is -1.99. The van der Waals surface area contributed by atoms with Crippen molar-refractivity contribution in [3.63, 3.8) is 0 Å². The molecule has 3 aromatic rings. The Morgan fingerprint density at radius 3 is 2.88 bits per heavy atom. The molecule has 1 aromatic heterocycles. The van der Waals surface area contributed by atoms with Gasteiger partial charge >= 0.3 is 0 Å². The van der Waals surface area contributed by atoms with E-state index in [0.717, 1.165) is 15.2 Å². The third kappa shape index (κ3) is 4.20. The maximum Gasteiger partial charge on any atom is 0.288 e. The summed E-state index contributed by atoms with van der Waals surface area (Å²) in [4.78, 5) is 26.6. The Hall–Kier alpha value is -2.77. The van der Waals surface area contributed by atoms with Crippen molar-refractivity contribution in [2.45, 2.75) is 6.54 Å². The minimum atomic E-state index is -0.563. The number of fused-ring (bicyclic) bond motifs is 1. The first-order chi connectivity index (χ1) is 12.0. The molecule has 0 atom stereocenters. The summed E-state index contributed by atoms with van der Waals surface area (Å²) in [6.07, 6.45) is 2.82. The van der Waals surface area contributed by atoms with Gasteiger partial charge in [-0.1, -0.05) is 29.8 Å². The van der Waals surface area contributed by atoms with Gasteiger partial charge in [-0.25, -0.2) is 4.98 Å². The average Bonchev–Trinajstić information content (AvgIpc) is 3.02. The van der Waals surface area contributed by atoms with E-state index in [2.05, 4.69) is 10.3 Å². The van der Waals surface area contributed by atoms with Crippen molar-refractivity contribution in [1.29, 1.82) is 0 Å². The first-order valence-corrected chi connectivity index (χ1v) is 8.46. The Morgan fingerprint density at radius 1 is 1.32 bits per heavy atom. The van der Waals surface area contributed by atoms with Crippen LogP contribution in [0, 0.1) is 10.1 Å². The normalized spacial score (nSPS) is 11.1. The van der Waals surface area contributed by atoms with Gasteiger partial charge in [-0.15, -0.1) is 11.3 Å². The largest absolute Gasteiger partial charge is 0.346 e. The molecule has 0 bridgehead atoms. The SMILES string of the molecule is O=C(/C=C/c1ccc(Cl)c([N+](=O)[O-])c1)NCc1nc2ccccc2s1. The van der Waals surface area contributed by atoms with E-state index in [4.69, 9.17) is 11.6 Å². The third-order valence-electron chi connectivity index (χ3n) is 3.35. The van der Waals surface area contributed by atoms with Gasteiger partial charge < -0.3 is 5.32 Å². The maximum absolute atomic E-state index is 11.9. The number of halogens is 1. The fourth-order valence-corrected chi connectivity index (χ4v) is 3.26. The zero-order valence-electron chi connectivity index (χ0n) is 12.8. The molecule has 0 spiro atoms. The molecule has 1 heterocycles. The molecular formula is C17H12ClN3O3S. The molecule has 0 aliphatic carbocycles. The van der Waals surface area contributed by atoms with Gasteiger partial charge in [-0.3, -0.25) is 14.9 Å². The van der Waals surface area contributed by atoms with Gasteiger partial charge in [0.15, 0.2) is 0 Å². The molecule has 3 rings (SSSR count). The van der Waals surface area contributed by atoms with Crippen molar-refractivity contribution >= 4 is 50.8 Å². The summed E-state index contributed by atoms with van der Waals surface area (Å²) in [7, 11) is 0. The molecule has 25 heavy (non-hydrogen) atoms. The number of rotatable bonds is 5. The molecule has 0 saturated heterocycles. The number of benzene rings is 2. The van der Waals surface area contributed by atoms with Gasteiger partial charge in [-0.05, 0) is 29.8 Å². The summed E-state index contributed by atoms with van der Waals surface area (Å²) < 4.78 is 1.07. The number of nitrogens with zero attached hydrogens (tertiary/aromatic N) is 2. The van der Waals surface area contributed by atoms with Crippen molar-refractivity contribution < 1.29 is 9.72 Å². The molecular weight excluding hydrogens is 362 g/mol. The van der Waals surface area contributed by atoms with Crippen LogP contribution in [0.4, 0.5) is 5.69 Å². The molecule has 6 nitrogen and oxygen atoms in total. The number of nitro benzene ring substituents is 1. The van der Waals surface area contributed by atoms with Crippen LogP contribution in [-0.2, 0) is 11.3 Å². The molecule has 1 N–H and O–H groups in total. The van der Waals surface area contributed by atoms with Crippen LogP contribution in [0.15, 0.2) is 48.5 Å².